The van der Waals surface area contributed by atoms with Crippen LogP contribution in [0.2, 0.25) is 0 Å². The Morgan fingerprint density at radius 3 is 2.43 bits per heavy atom. The fourth-order valence-electron chi connectivity index (χ4n) is 3.07. The number of nitrogens with zero attached hydrogens (tertiary/aromatic N) is 1. The average molecular weight is 420 g/mol. The van der Waals surface area contributed by atoms with Crippen molar-refractivity contribution in [2.24, 2.45) is 5.92 Å². The van der Waals surface area contributed by atoms with Crippen molar-refractivity contribution in [3.8, 4) is 5.75 Å². The summed E-state index contributed by atoms with van der Waals surface area (Å²) in [4.78, 5) is 16.4. The normalized spacial score (nSPS) is 15.0. The molecule has 0 atom stereocenters. The second-order valence-corrected chi connectivity index (χ2v) is 7.36. The highest BCUT2D eigenvalue weighted by Gasteiger charge is 2.22. The minimum atomic E-state index is -3.21. The van der Waals surface area contributed by atoms with Gasteiger partial charge in [-0.2, -0.15) is 8.78 Å². The van der Waals surface area contributed by atoms with Gasteiger partial charge >= 0.3 is 6.11 Å². The Kier molecular flexibility index (Phi) is 7.70. The quantitative estimate of drug-likeness (QED) is 0.665. The number of ether oxygens (including phenoxy) is 3. The van der Waals surface area contributed by atoms with Crippen molar-refractivity contribution >= 4 is 5.91 Å². The van der Waals surface area contributed by atoms with Crippen molar-refractivity contribution in [2.45, 2.75) is 39.1 Å². The van der Waals surface area contributed by atoms with Crippen molar-refractivity contribution in [3.63, 3.8) is 0 Å². The summed E-state index contributed by atoms with van der Waals surface area (Å²) in [7, 11) is 0. The summed E-state index contributed by atoms with van der Waals surface area (Å²) < 4.78 is 41.1. The third kappa shape index (κ3) is 7.35. The van der Waals surface area contributed by atoms with Crippen LogP contribution in [-0.4, -0.2) is 36.8 Å². The van der Waals surface area contributed by atoms with Gasteiger partial charge in [0.1, 0.15) is 11.4 Å². The Bertz CT molecular complexity index is 801. The molecule has 0 radical (unpaired) electrons. The number of aromatic nitrogens is 1. The molecular weight excluding hydrogens is 394 g/mol. The molecule has 1 amide bonds. The van der Waals surface area contributed by atoms with Gasteiger partial charge in [0.25, 0.3) is 5.91 Å². The number of carbonyl (C=O) groups is 1. The van der Waals surface area contributed by atoms with Crippen molar-refractivity contribution < 1.29 is 27.8 Å². The van der Waals surface area contributed by atoms with Crippen LogP contribution in [0, 0.1) is 5.92 Å². The molecule has 0 aliphatic carbocycles. The minimum Gasteiger partial charge on any atom is -0.433 e. The van der Waals surface area contributed by atoms with Crippen LogP contribution in [0.15, 0.2) is 42.6 Å². The lowest BCUT2D eigenvalue weighted by atomic mass is 10.0. The maximum Gasteiger partial charge on any atom is 0.394 e. The van der Waals surface area contributed by atoms with E-state index in [0.29, 0.717) is 38.3 Å². The molecule has 1 N–H and O–H groups in total. The Labute approximate surface area is 174 Å². The summed E-state index contributed by atoms with van der Waals surface area (Å²) in [5, 5.41) is 2.93. The van der Waals surface area contributed by atoms with Crippen LogP contribution in [0.25, 0.3) is 0 Å². The molecule has 6 nitrogen and oxygen atoms in total. The van der Waals surface area contributed by atoms with E-state index in [-0.39, 0.29) is 11.7 Å². The number of hydrogen-bond donors (Lipinski definition) is 1. The van der Waals surface area contributed by atoms with E-state index in [4.69, 9.17) is 9.47 Å². The Hall–Kier alpha value is -2.58. The molecular formula is C22H26F2N2O4. The average Bonchev–Trinajstić information content (AvgIpc) is 2.73. The zero-order chi connectivity index (χ0) is 21.4. The molecule has 1 aliphatic heterocycles. The van der Waals surface area contributed by atoms with Crippen molar-refractivity contribution in [3.05, 3.63) is 59.4 Å². The minimum absolute atomic E-state index is 0.0983. The van der Waals surface area contributed by atoms with Crippen LogP contribution in [0.3, 0.4) is 0 Å². The van der Waals surface area contributed by atoms with Crippen LogP contribution < -0.4 is 10.1 Å². The van der Waals surface area contributed by atoms with Crippen LogP contribution in [0.1, 0.15) is 41.4 Å². The standard InChI is InChI=1S/C22H26F2N2O4/c1-22(23,24)30-19-5-2-17(3-6-19)14-29-15-18-4-7-20(25-13-18)21(27)26-12-16-8-10-28-11-9-16/h2-7,13,16H,8-12,14-15H2,1H3,(H,26,27). The summed E-state index contributed by atoms with van der Waals surface area (Å²) in [5.41, 5.74) is 2.04. The van der Waals surface area contributed by atoms with E-state index in [0.717, 1.165) is 37.2 Å². The molecule has 1 saturated heterocycles. The van der Waals surface area contributed by atoms with Crippen molar-refractivity contribution in [1.82, 2.24) is 10.3 Å². The first-order valence-electron chi connectivity index (χ1n) is 9.93. The van der Waals surface area contributed by atoms with E-state index < -0.39 is 6.11 Å². The molecule has 8 heteroatoms. The predicted octanol–water partition coefficient (Wildman–Crippen LogP) is 3.95. The lowest BCUT2D eigenvalue weighted by Gasteiger charge is -2.22. The SMILES string of the molecule is CC(F)(F)Oc1ccc(COCc2ccc(C(=O)NCC3CCOCC3)nc2)cc1. The molecule has 162 valence electrons. The second-order valence-electron chi connectivity index (χ2n) is 7.36. The molecule has 0 saturated carbocycles. The first-order chi connectivity index (χ1) is 14.4. The molecule has 3 rings (SSSR count). The zero-order valence-electron chi connectivity index (χ0n) is 16.9. The lowest BCUT2D eigenvalue weighted by molar-refractivity contribution is -0.158. The van der Waals surface area contributed by atoms with Gasteiger partial charge in [-0.15, -0.1) is 0 Å². The molecule has 1 aliphatic rings. The second kappa shape index (κ2) is 10.4. The van der Waals surface area contributed by atoms with Gasteiger partial charge in [-0.1, -0.05) is 18.2 Å². The number of amides is 1. The lowest BCUT2D eigenvalue weighted by Crippen LogP contribution is -2.32. The number of alkyl halides is 2. The third-order valence-corrected chi connectivity index (χ3v) is 4.71. The largest absolute Gasteiger partial charge is 0.433 e. The molecule has 2 aromatic rings. The number of rotatable bonds is 9. The molecule has 0 unspecified atom stereocenters. The molecule has 0 spiro atoms. The van der Waals surface area contributed by atoms with Crippen LogP contribution in [-0.2, 0) is 22.7 Å². The first kappa shape index (κ1) is 22.1. The third-order valence-electron chi connectivity index (χ3n) is 4.71. The molecule has 1 fully saturated rings. The van der Waals surface area contributed by atoms with E-state index in [9.17, 15) is 13.6 Å². The predicted molar refractivity (Wildman–Crippen MR) is 106 cm³/mol. The number of benzene rings is 1. The van der Waals surface area contributed by atoms with Crippen molar-refractivity contribution in [1.29, 1.82) is 0 Å². The Morgan fingerprint density at radius 2 is 1.80 bits per heavy atom. The van der Waals surface area contributed by atoms with Gasteiger partial charge in [0.15, 0.2) is 0 Å². The number of carbonyl (C=O) groups excluding carboxylic acids is 1. The van der Waals surface area contributed by atoms with Gasteiger partial charge in [-0.05, 0) is 48.1 Å². The smallest absolute Gasteiger partial charge is 0.394 e. The van der Waals surface area contributed by atoms with E-state index in [2.05, 4.69) is 15.0 Å². The maximum absolute atomic E-state index is 12.8. The molecule has 2 heterocycles. The molecule has 1 aromatic heterocycles. The number of hydrogen-bond acceptors (Lipinski definition) is 5. The first-order valence-corrected chi connectivity index (χ1v) is 9.93. The number of halogens is 2. The summed E-state index contributed by atoms with van der Waals surface area (Å²) in [6.07, 6.45) is 0.332. The van der Waals surface area contributed by atoms with Gasteiger partial charge in [0, 0.05) is 32.9 Å². The van der Waals surface area contributed by atoms with Gasteiger partial charge < -0.3 is 19.5 Å². The topological polar surface area (TPSA) is 69.7 Å². The Balaban J connectivity index is 1.40. The van der Waals surface area contributed by atoms with Crippen molar-refractivity contribution in [2.75, 3.05) is 19.8 Å². The number of pyridine rings is 1. The molecule has 1 aromatic carbocycles. The summed E-state index contributed by atoms with van der Waals surface area (Å²) >= 11 is 0. The monoisotopic (exact) mass is 420 g/mol. The van der Waals surface area contributed by atoms with E-state index in [1.165, 1.54) is 12.1 Å². The van der Waals surface area contributed by atoms with E-state index in [1.54, 1.807) is 30.5 Å². The highest BCUT2D eigenvalue weighted by Crippen LogP contribution is 2.21. The Morgan fingerprint density at radius 1 is 1.13 bits per heavy atom. The van der Waals surface area contributed by atoms with Gasteiger partial charge in [-0.3, -0.25) is 9.78 Å². The van der Waals surface area contributed by atoms with E-state index in [1.807, 2.05) is 0 Å². The van der Waals surface area contributed by atoms with Crippen LogP contribution in [0.5, 0.6) is 5.75 Å². The summed E-state index contributed by atoms with van der Waals surface area (Å²) in [5.74, 6) is 0.365. The highest BCUT2D eigenvalue weighted by molar-refractivity contribution is 5.92. The molecule has 0 bridgehead atoms. The highest BCUT2D eigenvalue weighted by atomic mass is 19.3. The molecule has 30 heavy (non-hydrogen) atoms. The maximum atomic E-state index is 12.8. The van der Waals surface area contributed by atoms with Gasteiger partial charge in [0.2, 0.25) is 0 Å². The summed E-state index contributed by atoms with van der Waals surface area (Å²) in [6.45, 7) is 3.46. The van der Waals surface area contributed by atoms with E-state index >= 15 is 0 Å². The van der Waals surface area contributed by atoms with Crippen LogP contribution in [0.4, 0.5) is 8.78 Å². The fraction of sp³-hybridized carbons (Fsp3) is 0.455. The van der Waals surface area contributed by atoms with Crippen LogP contribution >= 0.6 is 0 Å². The fourth-order valence-corrected chi connectivity index (χ4v) is 3.07. The van der Waals surface area contributed by atoms with Gasteiger partial charge in [-0.25, -0.2) is 0 Å². The zero-order valence-corrected chi connectivity index (χ0v) is 16.9. The summed E-state index contributed by atoms with van der Waals surface area (Å²) in [6, 6.07) is 9.78. The van der Waals surface area contributed by atoms with Gasteiger partial charge in [0.05, 0.1) is 13.2 Å². The number of nitrogens with one attached hydrogen (secondary N) is 1.